The summed E-state index contributed by atoms with van der Waals surface area (Å²) in [6.45, 7) is 7.13. The van der Waals surface area contributed by atoms with E-state index in [2.05, 4.69) is 42.3 Å². The second-order valence-corrected chi connectivity index (χ2v) is 5.49. The van der Waals surface area contributed by atoms with Gasteiger partial charge in [0, 0.05) is 22.5 Å². The number of imidazole rings is 1. The second kappa shape index (κ2) is 5.33. The lowest BCUT2D eigenvalue weighted by molar-refractivity contribution is -0.694. The molecule has 0 unspecified atom stereocenters. The molecule has 0 saturated heterocycles. The van der Waals surface area contributed by atoms with Crippen molar-refractivity contribution in [1.29, 1.82) is 0 Å². The molecule has 0 fully saturated rings. The van der Waals surface area contributed by atoms with Crippen LogP contribution in [0, 0.1) is 6.92 Å². The number of benzene rings is 1. The van der Waals surface area contributed by atoms with Crippen molar-refractivity contribution in [3.63, 3.8) is 0 Å². The van der Waals surface area contributed by atoms with Crippen molar-refractivity contribution < 1.29 is 4.57 Å². The van der Waals surface area contributed by atoms with Crippen molar-refractivity contribution in [1.82, 2.24) is 4.57 Å². The highest BCUT2D eigenvalue weighted by Crippen LogP contribution is 2.24. The largest absolute Gasteiger partial charge is 0.253 e. The van der Waals surface area contributed by atoms with E-state index in [0.717, 1.165) is 5.56 Å². The van der Waals surface area contributed by atoms with Gasteiger partial charge in [0.1, 0.15) is 18.9 Å². The van der Waals surface area contributed by atoms with Gasteiger partial charge in [0.15, 0.2) is 0 Å². The molecule has 96 valence electrons. The highest BCUT2D eigenvalue weighted by molar-refractivity contribution is 6.35. The average molecular weight is 284 g/mol. The quantitative estimate of drug-likeness (QED) is 0.753. The van der Waals surface area contributed by atoms with E-state index in [-0.39, 0.29) is 0 Å². The Hall–Kier alpha value is -0.990. The number of rotatable bonds is 3. The summed E-state index contributed by atoms with van der Waals surface area (Å²) in [4.78, 5) is 0. The summed E-state index contributed by atoms with van der Waals surface area (Å²) >= 11 is 12.4. The van der Waals surface area contributed by atoms with E-state index in [9.17, 15) is 0 Å². The van der Waals surface area contributed by atoms with Gasteiger partial charge in [-0.1, -0.05) is 29.3 Å². The maximum absolute atomic E-state index is 6.20. The topological polar surface area (TPSA) is 8.81 Å². The van der Waals surface area contributed by atoms with Crippen LogP contribution in [-0.2, 0) is 6.54 Å². The highest BCUT2D eigenvalue weighted by atomic mass is 35.5. The molecule has 0 N–H and O–H groups in total. The molecule has 0 bridgehead atoms. The number of hydrogen-bond donors (Lipinski definition) is 0. The molecule has 4 heteroatoms. The van der Waals surface area contributed by atoms with Gasteiger partial charge in [-0.3, -0.25) is 0 Å². The summed E-state index contributed by atoms with van der Waals surface area (Å²) in [5, 5.41) is 1.43. The third-order valence-corrected chi connectivity index (χ3v) is 3.85. The van der Waals surface area contributed by atoms with Crippen LogP contribution in [0.3, 0.4) is 0 Å². The normalized spacial score (nSPS) is 11.2. The maximum atomic E-state index is 6.20. The van der Waals surface area contributed by atoms with Crippen LogP contribution in [0.4, 0.5) is 0 Å². The number of nitrogens with zero attached hydrogens (tertiary/aromatic N) is 2. The molecule has 0 atom stereocenters. The Bertz CT molecular complexity index is 539. The van der Waals surface area contributed by atoms with Crippen LogP contribution in [0.15, 0.2) is 30.6 Å². The van der Waals surface area contributed by atoms with Gasteiger partial charge in [0.2, 0.25) is 0 Å². The molecule has 1 heterocycles. The Kier molecular flexibility index (Phi) is 3.98. The zero-order chi connectivity index (χ0) is 13.3. The first-order chi connectivity index (χ1) is 8.50. The smallest absolute Gasteiger partial charge is 0.232 e. The Balaban J connectivity index is 2.35. The summed E-state index contributed by atoms with van der Waals surface area (Å²) in [6.07, 6.45) is 4.15. The maximum Gasteiger partial charge on any atom is 0.253 e. The van der Waals surface area contributed by atoms with E-state index in [1.165, 1.54) is 5.82 Å². The van der Waals surface area contributed by atoms with Crippen molar-refractivity contribution in [2.24, 2.45) is 0 Å². The highest BCUT2D eigenvalue weighted by Gasteiger charge is 2.17. The molecule has 2 rings (SSSR count). The first-order valence-electron chi connectivity index (χ1n) is 6.00. The van der Waals surface area contributed by atoms with Crippen LogP contribution in [-0.4, -0.2) is 4.57 Å². The minimum Gasteiger partial charge on any atom is -0.232 e. The zero-order valence-corrected chi connectivity index (χ0v) is 12.3. The van der Waals surface area contributed by atoms with E-state index in [4.69, 9.17) is 23.2 Å². The molecule has 1 aromatic carbocycles. The fraction of sp³-hybridized carbons (Fsp3) is 0.357. The molecule has 0 amide bonds. The van der Waals surface area contributed by atoms with Crippen LogP contribution in [0.1, 0.15) is 31.3 Å². The number of halogens is 2. The summed E-state index contributed by atoms with van der Waals surface area (Å²) in [6, 6.07) is 6.06. The summed E-state index contributed by atoms with van der Waals surface area (Å²) < 4.78 is 4.39. The minimum atomic E-state index is 0.452. The van der Waals surface area contributed by atoms with Gasteiger partial charge < -0.3 is 0 Å². The van der Waals surface area contributed by atoms with E-state index in [0.29, 0.717) is 22.6 Å². The second-order valence-electron chi connectivity index (χ2n) is 4.67. The first-order valence-corrected chi connectivity index (χ1v) is 6.76. The van der Waals surface area contributed by atoms with Crippen molar-refractivity contribution in [2.45, 2.75) is 33.4 Å². The van der Waals surface area contributed by atoms with Gasteiger partial charge >= 0.3 is 0 Å². The third-order valence-electron chi connectivity index (χ3n) is 3.14. The molecule has 0 spiro atoms. The molecule has 2 aromatic rings. The molecule has 2 nitrogen and oxygen atoms in total. The van der Waals surface area contributed by atoms with Crippen molar-refractivity contribution in [3.8, 4) is 0 Å². The minimum absolute atomic E-state index is 0.452. The van der Waals surface area contributed by atoms with Gasteiger partial charge in [-0.2, -0.15) is 0 Å². The monoisotopic (exact) mass is 283 g/mol. The third kappa shape index (κ3) is 2.55. The van der Waals surface area contributed by atoms with Crippen molar-refractivity contribution in [2.75, 3.05) is 0 Å². The lowest BCUT2D eigenvalue weighted by Gasteiger charge is -2.06. The van der Waals surface area contributed by atoms with E-state index < -0.39 is 0 Å². The van der Waals surface area contributed by atoms with Gasteiger partial charge in [-0.25, -0.2) is 9.13 Å². The van der Waals surface area contributed by atoms with Crippen molar-refractivity contribution >= 4 is 23.2 Å². The number of hydrogen-bond acceptors (Lipinski definition) is 0. The van der Waals surface area contributed by atoms with Crippen LogP contribution < -0.4 is 4.57 Å². The van der Waals surface area contributed by atoms with Gasteiger partial charge in [0.25, 0.3) is 5.82 Å². The number of aromatic nitrogens is 2. The Morgan fingerprint density at radius 1 is 1.22 bits per heavy atom. The molecule has 0 radical (unpaired) electrons. The lowest BCUT2D eigenvalue weighted by Crippen LogP contribution is -2.36. The SMILES string of the molecule is Cc1n(C(C)C)cc[n+]1Cc1c(Cl)cccc1Cl. The van der Waals surface area contributed by atoms with E-state index in [1.807, 2.05) is 18.2 Å². The fourth-order valence-electron chi connectivity index (χ4n) is 2.08. The summed E-state index contributed by atoms with van der Waals surface area (Å²) in [5.74, 6) is 1.20. The van der Waals surface area contributed by atoms with Gasteiger partial charge in [0.05, 0.1) is 6.04 Å². The molecule has 18 heavy (non-hydrogen) atoms. The predicted molar refractivity (Wildman–Crippen MR) is 75.3 cm³/mol. The molecule has 1 aromatic heterocycles. The van der Waals surface area contributed by atoms with E-state index in [1.54, 1.807) is 0 Å². The average Bonchev–Trinajstić information content (AvgIpc) is 2.66. The molecule has 0 saturated carbocycles. The summed E-state index contributed by atoms with van der Waals surface area (Å²) in [5.41, 5.74) is 0.968. The lowest BCUT2D eigenvalue weighted by atomic mass is 10.2. The molecular weight excluding hydrogens is 267 g/mol. The molecular formula is C14H17Cl2N2+. The Labute approximate surface area is 118 Å². The Morgan fingerprint density at radius 2 is 1.83 bits per heavy atom. The predicted octanol–water partition coefficient (Wildman–Crippen LogP) is 4.02. The van der Waals surface area contributed by atoms with Crippen LogP contribution in [0.5, 0.6) is 0 Å². The Morgan fingerprint density at radius 3 is 2.33 bits per heavy atom. The van der Waals surface area contributed by atoms with Crippen LogP contribution in [0.25, 0.3) is 0 Å². The zero-order valence-electron chi connectivity index (χ0n) is 10.8. The molecule has 0 aliphatic heterocycles. The molecule has 0 aliphatic rings. The van der Waals surface area contributed by atoms with Gasteiger partial charge in [-0.05, 0) is 26.0 Å². The fourth-order valence-corrected chi connectivity index (χ4v) is 2.60. The van der Waals surface area contributed by atoms with E-state index >= 15 is 0 Å². The van der Waals surface area contributed by atoms with Gasteiger partial charge in [-0.15, -0.1) is 0 Å². The summed E-state index contributed by atoms with van der Waals surface area (Å²) in [7, 11) is 0. The first kappa shape index (κ1) is 13.4. The van der Waals surface area contributed by atoms with Crippen LogP contribution >= 0.6 is 23.2 Å². The standard InChI is InChI=1S/C14H17Cl2N2/c1-10(2)18-8-7-17(11(18)3)9-12-13(15)5-4-6-14(12)16/h4-8,10H,9H2,1-3H3/q+1. The molecule has 0 aliphatic carbocycles. The van der Waals surface area contributed by atoms with Crippen molar-refractivity contribution in [3.05, 3.63) is 52.0 Å². The van der Waals surface area contributed by atoms with Crippen LogP contribution in [0.2, 0.25) is 10.0 Å².